The number of hydrogen-bond donors (Lipinski definition) is 3. The molecule has 0 aliphatic heterocycles. The van der Waals surface area contributed by atoms with Crippen LogP contribution in [0, 0.1) is 5.92 Å². The molecule has 1 aromatic rings. The largest absolute Gasteiger partial charge is 0.393 e. The molecule has 0 radical (unpaired) electrons. The second kappa shape index (κ2) is 9.46. The molecular weight excluding hydrogens is 344 g/mol. The Morgan fingerprint density at radius 1 is 1.26 bits per heavy atom. The van der Waals surface area contributed by atoms with Crippen LogP contribution in [0.25, 0.3) is 0 Å². The lowest BCUT2D eigenvalue weighted by Gasteiger charge is -2.27. The van der Waals surface area contributed by atoms with Crippen LogP contribution in [0.3, 0.4) is 0 Å². The van der Waals surface area contributed by atoms with Crippen molar-refractivity contribution in [3.05, 3.63) is 17.6 Å². The molecule has 2 saturated carbocycles. The van der Waals surface area contributed by atoms with E-state index in [0.717, 1.165) is 63.6 Å². The van der Waals surface area contributed by atoms with E-state index in [1.165, 1.54) is 0 Å². The number of nitrogens with zero attached hydrogens (tertiary/aromatic N) is 2. The van der Waals surface area contributed by atoms with Gasteiger partial charge < -0.3 is 20.9 Å². The van der Waals surface area contributed by atoms with Crippen LogP contribution in [-0.4, -0.2) is 46.3 Å². The van der Waals surface area contributed by atoms with Gasteiger partial charge in [-0.25, -0.2) is 9.97 Å². The molecule has 7 nitrogen and oxygen atoms in total. The van der Waals surface area contributed by atoms with Crippen molar-refractivity contribution in [1.82, 2.24) is 9.97 Å². The van der Waals surface area contributed by atoms with Gasteiger partial charge >= 0.3 is 0 Å². The first-order valence-corrected chi connectivity index (χ1v) is 10.2. The fraction of sp³-hybridized carbons (Fsp3) is 0.750. The molecule has 0 bridgehead atoms. The van der Waals surface area contributed by atoms with E-state index in [2.05, 4.69) is 15.3 Å². The zero-order valence-corrected chi connectivity index (χ0v) is 16.2. The molecule has 0 aromatic carbocycles. The standard InChI is InChI=1S/C20H32N4O3/c1-27-16-7-2-4-13(8-9-16)10-18-22-12-17(19(21)26)20(24-18)23-14-5-3-6-15(25)11-14/h12-16,25H,2-11H2,1H3,(H2,21,26)(H,22,23,24)/t13-,14+,15-,16-/m0/s1. The first kappa shape index (κ1) is 20.0. The van der Waals surface area contributed by atoms with Gasteiger partial charge in [0.05, 0.1) is 17.8 Å². The monoisotopic (exact) mass is 376 g/mol. The summed E-state index contributed by atoms with van der Waals surface area (Å²) >= 11 is 0. The van der Waals surface area contributed by atoms with E-state index < -0.39 is 5.91 Å². The van der Waals surface area contributed by atoms with E-state index in [0.29, 0.717) is 29.8 Å². The third-order valence-corrected chi connectivity index (χ3v) is 5.93. The Hall–Kier alpha value is -1.73. The first-order valence-electron chi connectivity index (χ1n) is 10.2. The summed E-state index contributed by atoms with van der Waals surface area (Å²) in [6, 6.07) is 0.106. The molecule has 150 valence electrons. The lowest BCUT2D eigenvalue weighted by atomic mass is 9.93. The predicted molar refractivity (Wildman–Crippen MR) is 104 cm³/mol. The number of anilines is 1. The molecule has 1 aromatic heterocycles. The minimum absolute atomic E-state index is 0.106. The second-order valence-electron chi connectivity index (χ2n) is 8.01. The molecule has 2 aliphatic rings. The Morgan fingerprint density at radius 2 is 2.07 bits per heavy atom. The molecule has 4 N–H and O–H groups in total. The second-order valence-corrected chi connectivity index (χ2v) is 8.01. The summed E-state index contributed by atoms with van der Waals surface area (Å²) in [5.41, 5.74) is 5.83. The van der Waals surface area contributed by atoms with Crippen LogP contribution in [0.5, 0.6) is 0 Å². The van der Waals surface area contributed by atoms with Gasteiger partial charge in [-0.15, -0.1) is 0 Å². The van der Waals surface area contributed by atoms with Crippen molar-refractivity contribution in [2.24, 2.45) is 11.7 Å². The summed E-state index contributed by atoms with van der Waals surface area (Å²) in [5.74, 6) is 1.27. The van der Waals surface area contributed by atoms with Crippen LogP contribution in [0.15, 0.2) is 6.20 Å². The topological polar surface area (TPSA) is 110 Å². The maximum atomic E-state index is 11.8. The number of hydrogen-bond acceptors (Lipinski definition) is 6. The average Bonchev–Trinajstić information content (AvgIpc) is 2.87. The summed E-state index contributed by atoms with van der Waals surface area (Å²) in [6.45, 7) is 0. The zero-order chi connectivity index (χ0) is 19.2. The Labute approximate surface area is 161 Å². The van der Waals surface area contributed by atoms with Crippen molar-refractivity contribution in [1.29, 1.82) is 0 Å². The van der Waals surface area contributed by atoms with Crippen LogP contribution in [0.1, 0.15) is 74.0 Å². The molecule has 4 atom stereocenters. The maximum absolute atomic E-state index is 11.8. The number of aliphatic hydroxyl groups excluding tert-OH is 1. The fourth-order valence-electron chi connectivity index (χ4n) is 4.34. The smallest absolute Gasteiger partial charge is 0.254 e. The van der Waals surface area contributed by atoms with Crippen LogP contribution in [-0.2, 0) is 11.2 Å². The highest BCUT2D eigenvalue weighted by Gasteiger charge is 2.24. The van der Waals surface area contributed by atoms with Crippen molar-refractivity contribution in [2.45, 2.75) is 82.5 Å². The fourth-order valence-corrected chi connectivity index (χ4v) is 4.34. The Morgan fingerprint density at radius 3 is 2.81 bits per heavy atom. The summed E-state index contributed by atoms with van der Waals surface area (Å²) in [5, 5.41) is 13.2. The van der Waals surface area contributed by atoms with Crippen molar-refractivity contribution in [2.75, 3.05) is 12.4 Å². The number of aliphatic hydroxyl groups is 1. The van der Waals surface area contributed by atoms with E-state index in [9.17, 15) is 9.90 Å². The molecule has 2 aliphatic carbocycles. The van der Waals surface area contributed by atoms with E-state index in [1.54, 1.807) is 13.3 Å². The number of ether oxygens (including phenoxy) is 1. The van der Waals surface area contributed by atoms with E-state index in [4.69, 9.17) is 10.5 Å². The number of carbonyl (C=O) groups is 1. The first-order chi connectivity index (χ1) is 13.0. The van der Waals surface area contributed by atoms with Crippen LogP contribution >= 0.6 is 0 Å². The number of nitrogens with one attached hydrogen (secondary N) is 1. The van der Waals surface area contributed by atoms with Gasteiger partial charge in [0.1, 0.15) is 11.6 Å². The molecule has 0 unspecified atom stereocenters. The highest BCUT2D eigenvalue weighted by atomic mass is 16.5. The van der Waals surface area contributed by atoms with Gasteiger partial charge in [0.25, 0.3) is 5.91 Å². The third-order valence-electron chi connectivity index (χ3n) is 5.93. The van der Waals surface area contributed by atoms with E-state index in [1.807, 2.05) is 0 Å². The number of carbonyl (C=O) groups excluding carboxylic acids is 1. The normalized spacial score (nSPS) is 29.1. The molecule has 3 rings (SSSR count). The van der Waals surface area contributed by atoms with Gasteiger partial charge in [-0.1, -0.05) is 6.42 Å². The van der Waals surface area contributed by atoms with Gasteiger partial charge in [0.2, 0.25) is 0 Å². The molecule has 0 spiro atoms. The maximum Gasteiger partial charge on any atom is 0.254 e. The molecule has 0 saturated heterocycles. The van der Waals surface area contributed by atoms with E-state index >= 15 is 0 Å². The number of primary amides is 1. The average molecular weight is 377 g/mol. The summed E-state index contributed by atoms with van der Waals surface area (Å²) < 4.78 is 5.51. The van der Waals surface area contributed by atoms with Crippen molar-refractivity contribution >= 4 is 11.7 Å². The number of aromatic nitrogens is 2. The molecule has 27 heavy (non-hydrogen) atoms. The van der Waals surface area contributed by atoms with Gasteiger partial charge in [0.15, 0.2) is 0 Å². The minimum atomic E-state index is -0.530. The van der Waals surface area contributed by atoms with Crippen molar-refractivity contribution < 1.29 is 14.6 Å². The number of rotatable bonds is 6. The Bertz CT molecular complexity index is 640. The molecular formula is C20H32N4O3. The van der Waals surface area contributed by atoms with Crippen molar-refractivity contribution in [3.8, 4) is 0 Å². The number of methoxy groups -OCH3 is 1. The summed E-state index contributed by atoms with van der Waals surface area (Å²) in [6.07, 6.45) is 11.4. The van der Waals surface area contributed by atoms with Crippen LogP contribution in [0.4, 0.5) is 5.82 Å². The van der Waals surface area contributed by atoms with Gasteiger partial charge in [-0.3, -0.25) is 4.79 Å². The Balaban J connectivity index is 1.70. The highest BCUT2D eigenvalue weighted by molar-refractivity contribution is 5.97. The molecule has 1 heterocycles. The SMILES string of the molecule is CO[C@H]1CCC[C@H](Cc2ncc(C(N)=O)c(N[C@@H]3CCC[C@H](O)C3)n2)CC1. The lowest BCUT2D eigenvalue weighted by Crippen LogP contribution is -2.31. The zero-order valence-electron chi connectivity index (χ0n) is 16.2. The number of amides is 1. The molecule has 7 heteroatoms. The minimum Gasteiger partial charge on any atom is -0.393 e. The summed E-state index contributed by atoms with van der Waals surface area (Å²) in [4.78, 5) is 20.8. The highest BCUT2D eigenvalue weighted by Crippen LogP contribution is 2.28. The van der Waals surface area contributed by atoms with Gasteiger partial charge in [-0.05, 0) is 57.3 Å². The van der Waals surface area contributed by atoms with Crippen molar-refractivity contribution in [3.63, 3.8) is 0 Å². The van der Waals surface area contributed by atoms with E-state index in [-0.39, 0.29) is 12.1 Å². The van der Waals surface area contributed by atoms with Gasteiger partial charge in [0, 0.05) is 25.8 Å². The molecule has 1 amide bonds. The van der Waals surface area contributed by atoms with Crippen LogP contribution in [0.2, 0.25) is 0 Å². The predicted octanol–water partition coefficient (Wildman–Crippen LogP) is 2.43. The van der Waals surface area contributed by atoms with Gasteiger partial charge in [-0.2, -0.15) is 0 Å². The number of nitrogens with two attached hydrogens (primary N) is 1. The third kappa shape index (κ3) is 5.62. The molecule has 2 fully saturated rings. The lowest BCUT2D eigenvalue weighted by molar-refractivity contribution is 0.0890. The summed E-state index contributed by atoms with van der Waals surface area (Å²) in [7, 11) is 1.79. The quantitative estimate of drug-likeness (QED) is 0.658. The van der Waals surface area contributed by atoms with Crippen LogP contribution < -0.4 is 11.1 Å². The Kier molecular flexibility index (Phi) is 7.01.